The van der Waals surface area contributed by atoms with E-state index in [1.165, 1.54) is 4.57 Å². The molecule has 1 aliphatic heterocycles. The number of hydrogen-bond acceptors (Lipinski definition) is 8. The summed E-state index contributed by atoms with van der Waals surface area (Å²) < 4.78 is 29.6. The van der Waals surface area contributed by atoms with Gasteiger partial charge in [-0.05, 0) is 73.0 Å². The first-order valence-corrected chi connectivity index (χ1v) is 27.1. The molecule has 0 aliphatic carbocycles. The van der Waals surface area contributed by atoms with Crippen molar-refractivity contribution in [1.82, 2.24) is 9.55 Å². The number of carbonyl (C=O) groups is 1. The van der Waals surface area contributed by atoms with Crippen molar-refractivity contribution < 1.29 is 27.9 Å². The van der Waals surface area contributed by atoms with Crippen LogP contribution in [-0.4, -0.2) is 83.1 Å². The molecule has 1 N–H and O–H groups in total. The maximum absolute atomic E-state index is 14.1. The minimum atomic E-state index is -2.43. The van der Waals surface area contributed by atoms with Gasteiger partial charge in [-0.15, -0.1) is 0 Å². The summed E-state index contributed by atoms with van der Waals surface area (Å²) in [6.45, 7) is 35.7. The largest absolute Gasteiger partial charge is 0.480 e. The molecule has 0 spiro atoms. The number of likely N-dealkylation sites (N-methyl/N-ethyl adjacent to an activating group) is 1. The number of aliphatic carboxylic acids is 1. The van der Waals surface area contributed by atoms with Gasteiger partial charge in [0.1, 0.15) is 30.2 Å². The van der Waals surface area contributed by atoms with E-state index in [4.69, 9.17) is 18.0 Å². The second-order valence-electron chi connectivity index (χ2n) is 18.6. The van der Waals surface area contributed by atoms with E-state index in [0.717, 1.165) is 5.56 Å². The Bertz CT molecular complexity index is 1530. The van der Waals surface area contributed by atoms with Gasteiger partial charge in [-0.1, -0.05) is 92.6 Å². The highest BCUT2D eigenvalue weighted by atomic mass is 28.4. The van der Waals surface area contributed by atoms with E-state index < -0.39 is 67.2 Å². The lowest BCUT2D eigenvalue weighted by molar-refractivity contribution is -0.138. The number of aromatic nitrogens is 2. The Labute approximate surface area is 310 Å². The van der Waals surface area contributed by atoms with Crippen LogP contribution in [-0.2, 0) is 29.2 Å². The highest BCUT2D eigenvalue weighted by molar-refractivity contribution is 6.75. The molecule has 13 heteroatoms. The summed E-state index contributed by atoms with van der Waals surface area (Å²) in [7, 11) is -6.97. The zero-order valence-corrected chi connectivity index (χ0v) is 37.3. The van der Waals surface area contributed by atoms with Gasteiger partial charge in [0.15, 0.2) is 31.2 Å². The summed E-state index contributed by atoms with van der Waals surface area (Å²) >= 11 is 0. The number of hydrogen-bond donors (Lipinski definition) is 1. The van der Waals surface area contributed by atoms with Gasteiger partial charge in [0, 0.05) is 19.2 Å². The molecule has 288 valence electrons. The molecule has 1 fully saturated rings. The molecule has 1 saturated heterocycles. The smallest absolute Gasteiger partial charge is 0.351 e. The Morgan fingerprint density at radius 3 is 1.82 bits per heavy atom. The highest BCUT2D eigenvalue weighted by Crippen LogP contribution is 2.46. The third kappa shape index (κ3) is 10.1. The van der Waals surface area contributed by atoms with Gasteiger partial charge in [-0.3, -0.25) is 4.57 Å². The van der Waals surface area contributed by atoms with Gasteiger partial charge in [-0.25, -0.2) is 9.59 Å². The molecule has 0 radical (unpaired) electrons. The summed E-state index contributed by atoms with van der Waals surface area (Å²) in [5, 5.41) is 10.1. The summed E-state index contributed by atoms with van der Waals surface area (Å²) in [4.78, 5) is 32.8. The molecule has 10 nitrogen and oxygen atoms in total. The lowest BCUT2D eigenvalue weighted by Crippen LogP contribution is -2.54. The predicted octanol–water partition coefficient (Wildman–Crippen LogP) is 8.47. The Hall–Kier alpha value is -2.14. The third-order valence-corrected chi connectivity index (χ3v) is 25.3. The number of ether oxygens (including phenoxy) is 1. The second kappa shape index (κ2) is 15.7. The second-order valence-corrected chi connectivity index (χ2v) is 32.9. The van der Waals surface area contributed by atoms with Crippen molar-refractivity contribution in [2.24, 2.45) is 0 Å². The highest BCUT2D eigenvalue weighted by Gasteiger charge is 2.55. The van der Waals surface area contributed by atoms with E-state index in [9.17, 15) is 14.7 Å². The van der Waals surface area contributed by atoms with E-state index in [0.29, 0.717) is 19.0 Å². The number of carboxylic acids is 1. The normalized spacial score (nSPS) is 21.5. The molecule has 5 atom stereocenters. The molecule has 0 bridgehead atoms. The molecule has 1 aromatic heterocycles. The van der Waals surface area contributed by atoms with Gasteiger partial charge < -0.3 is 28.0 Å². The number of anilines is 1. The van der Waals surface area contributed by atoms with Crippen LogP contribution in [0.25, 0.3) is 0 Å². The number of rotatable bonds is 14. The van der Waals surface area contributed by atoms with Crippen LogP contribution in [0.4, 0.5) is 5.82 Å². The molecule has 2 aromatic rings. The fourth-order valence-corrected chi connectivity index (χ4v) is 8.96. The van der Waals surface area contributed by atoms with E-state index in [1.807, 2.05) is 37.3 Å². The van der Waals surface area contributed by atoms with E-state index in [1.54, 1.807) is 17.2 Å². The molecular formula is C38H67N3O7Si3. The Morgan fingerprint density at radius 1 is 0.863 bits per heavy atom. The van der Waals surface area contributed by atoms with Crippen LogP contribution in [0.2, 0.25) is 54.4 Å². The molecule has 1 aromatic carbocycles. The molecule has 3 rings (SSSR count). The van der Waals surface area contributed by atoms with Crippen LogP contribution < -0.4 is 10.6 Å². The molecule has 0 amide bonds. The van der Waals surface area contributed by atoms with Crippen molar-refractivity contribution in [2.75, 3.05) is 18.1 Å². The van der Waals surface area contributed by atoms with Crippen molar-refractivity contribution in [1.29, 1.82) is 0 Å². The average molecular weight is 762 g/mol. The summed E-state index contributed by atoms with van der Waals surface area (Å²) in [5.74, 6) is -0.683. The van der Waals surface area contributed by atoms with E-state index in [2.05, 4.69) is 107 Å². The molecule has 2 heterocycles. The fraction of sp³-hybridized carbons (Fsp3) is 0.711. The van der Waals surface area contributed by atoms with E-state index >= 15 is 0 Å². The fourth-order valence-electron chi connectivity index (χ4n) is 5.34. The topological polar surface area (TPSA) is 112 Å². The van der Waals surface area contributed by atoms with Crippen molar-refractivity contribution in [3.63, 3.8) is 0 Å². The monoisotopic (exact) mass is 761 g/mol. The van der Waals surface area contributed by atoms with Crippen LogP contribution in [0.3, 0.4) is 0 Å². The minimum absolute atomic E-state index is 0.00596. The summed E-state index contributed by atoms with van der Waals surface area (Å²) in [5.41, 5.74) is 0.348. The van der Waals surface area contributed by atoms with Crippen molar-refractivity contribution in [3.8, 4) is 0 Å². The number of benzene rings is 1. The first-order valence-electron chi connectivity index (χ1n) is 18.4. The average Bonchev–Trinajstić information content (AvgIpc) is 3.29. The molecule has 51 heavy (non-hydrogen) atoms. The first kappa shape index (κ1) is 43.3. The van der Waals surface area contributed by atoms with Crippen LogP contribution in [0.5, 0.6) is 0 Å². The zero-order valence-electron chi connectivity index (χ0n) is 34.3. The number of nitrogens with zero attached hydrogens (tertiary/aromatic N) is 3. The third-order valence-electron chi connectivity index (χ3n) is 11.8. The lowest BCUT2D eigenvalue weighted by atomic mass is 10.0. The van der Waals surface area contributed by atoms with Crippen molar-refractivity contribution >= 4 is 36.7 Å². The van der Waals surface area contributed by atoms with Crippen LogP contribution >= 0.6 is 0 Å². The lowest BCUT2D eigenvalue weighted by Gasteiger charge is -2.44. The van der Waals surface area contributed by atoms with Crippen molar-refractivity contribution in [3.05, 3.63) is 58.6 Å². The van der Waals surface area contributed by atoms with Gasteiger partial charge in [-0.2, -0.15) is 4.98 Å². The van der Waals surface area contributed by atoms with Gasteiger partial charge in [0.25, 0.3) is 0 Å². The molecule has 1 aliphatic rings. The predicted molar refractivity (Wildman–Crippen MR) is 214 cm³/mol. The number of carboxylic acid groups (broad SMARTS) is 1. The maximum Gasteiger partial charge on any atom is 0.351 e. The van der Waals surface area contributed by atoms with E-state index in [-0.39, 0.29) is 21.5 Å². The molecule has 1 unspecified atom stereocenters. The summed E-state index contributed by atoms with van der Waals surface area (Å²) in [6, 6.07) is 10.3. The van der Waals surface area contributed by atoms with Crippen LogP contribution in [0.1, 0.15) is 81.0 Å². The maximum atomic E-state index is 14.1. The van der Waals surface area contributed by atoms with Crippen LogP contribution in [0, 0.1) is 0 Å². The molecule has 0 saturated carbocycles. The Balaban J connectivity index is 2.14. The summed E-state index contributed by atoms with van der Waals surface area (Å²) in [6.07, 6.45) is -0.478. The Morgan fingerprint density at radius 2 is 1.37 bits per heavy atom. The Kier molecular flexibility index (Phi) is 13.3. The SMILES string of the molecule is CCN(c1ccn([C@@H]2O[C@H](CO[Si](C)(C)C(C)(C)C)[C@@H](O[Si](C)(C)C(C)(C)C)[C@H]2O[Si](C)(C)C(C)(C)C)c(=O)n1)C(Cc1ccccc1)C(=O)O. The van der Waals surface area contributed by atoms with Gasteiger partial charge in [0.2, 0.25) is 0 Å². The molecular weight excluding hydrogens is 695 g/mol. The van der Waals surface area contributed by atoms with Crippen molar-refractivity contribution in [2.45, 2.75) is 161 Å². The quantitative estimate of drug-likeness (QED) is 0.190. The zero-order chi connectivity index (χ0) is 39.0. The minimum Gasteiger partial charge on any atom is -0.480 e. The van der Waals surface area contributed by atoms with Crippen LogP contribution in [0.15, 0.2) is 47.4 Å². The first-order chi connectivity index (χ1) is 23.1. The standard InChI is InChI=1S/C38H67N3O7Si3/c1-17-40(28(34(42)43)25-27-21-19-18-20-22-27)30-23-24-41(35(44)39-30)33-32(48-51(15,16)38(8,9)10)31(47-50(13,14)37(5,6)7)29(46-33)26-45-49(11,12)36(2,3)4/h18-24,28-29,31-33H,17,25-26H2,1-16H3,(H,42,43)/t28?,29-,31-,32-,33-/m1/s1. The van der Waals surface area contributed by atoms with Gasteiger partial charge in [0.05, 0.1) is 6.61 Å². The van der Waals surface area contributed by atoms with Gasteiger partial charge >= 0.3 is 11.7 Å².